The zero-order chi connectivity index (χ0) is 17.9. The van der Waals surface area contributed by atoms with Crippen molar-refractivity contribution < 1.29 is 13.7 Å². The van der Waals surface area contributed by atoms with E-state index in [9.17, 15) is 4.39 Å². The van der Waals surface area contributed by atoms with Crippen LogP contribution in [0.1, 0.15) is 23.1 Å². The number of benzene rings is 2. The van der Waals surface area contributed by atoms with Gasteiger partial charge < -0.3 is 9.26 Å². The van der Waals surface area contributed by atoms with Gasteiger partial charge in [0.1, 0.15) is 5.82 Å². The number of aromatic nitrogens is 2. The lowest BCUT2D eigenvalue weighted by molar-refractivity contribution is -0.0356. The SMILES string of the molecule is Cc1cccc(-c2noc(CN3CCOC(c4ccc(F)cc4)C3)n2)c1. The number of ether oxygens (including phenoxy) is 1. The monoisotopic (exact) mass is 353 g/mol. The number of morpholine rings is 1. The van der Waals surface area contributed by atoms with E-state index in [1.54, 1.807) is 12.1 Å². The number of aryl methyl sites for hydroxylation is 1. The fourth-order valence-electron chi connectivity index (χ4n) is 3.14. The molecule has 1 aliphatic heterocycles. The second-order valence-electron chi connectivity index (χ2n) is 6.53. The highest BCUT2D eigenvalue weighted by atomic mass is 19.1. The summed E-state index contributed by atoms with van der Waals surface area (Å²) in [7, 11) is 0. The standard InChI is InChI=1S/C20H20FN3O2/c1-14-3-2-4-16(11-14)20-22-19(26-23-20)13-24-9-10-25-18(12-24)15-5-7-17(21)8-6-15/h2-8,11,18H,9-10,12-13H2,1H3. The highest BCUT2D eigenvalue weighted by Gasteiger charge is 2.23. The van der Waals surface area contributed by atoms with Crippen LogP contribution >= 0.6 is 0 Å². The number of nitrogens with zero attached hydrogens (tertiary/aromatic N) is 3. The van der Waals surface area contributed by atoms with Crippen LogP contribution in [0.3, 0.4) is 0 Å². The predicted molar refractivity (Wildman–Crippen MR) is 94.8 cm³/mol. The van der Waals surface area contributed by atoms with E-state index in [2.05, 4.69) is 15.0 Å². The highest BCUT2D eigenvalue weighted by molar-refractivity contribution is 5.55. The molecular formula is C20H20FN3O2. The molecule has 0 spiro atoms. The van der Waals surface area contributed by atoms with Crippen LogP contribution in [0.25, 0.3) is 11.4 Å². The molecule has 1 aromatic heterocycles. The van der Waals surface area contributed by atoms with Crippen molar-refractivity contribution in [2.75, 3.05) is 19.7 Å². The van der Waals surface area contributed by atoms with Crippen LogP contribution in [0, 0.1) is 12.7 Å². The third kappa shape index (κ3) is 3.81. The van der Waals surface area contributed by atoms with E-state index < -0.39 is 0 Å². The summed E-state index contributed by atoms with van der Waals surface area (Å²) in [5, 5.41) is 4.09. The number of rotatable bonds is 4. The van der Waals surface area contributed by atoms with Crippen molar-refractivity contribution in [2.24, 2.45) is 0 Å². The first-order valence-corrected chi connectivity index (χ1v) is 8.66. The fraction of sp³-hybridized carbons (Fsp3) is 0.300. The van der Waals surface area contributed by atoms with Crippen LogP contribution < -0.4 is 0 Å². The van der Waals surface area contributed by atoms with Crippen molar-refractivity contribution in [3.63, 3.8) is 0 Å². The van der Waals surface area contributed by atoms with Gasteiger partial charge in [-0.15, -0.1) is 0 Å². The Balaban J connectivity index is 1.43. The van der Waals surface area contributed by atoms with Crippen LogP contribution in [-0.4, -0.2) is 34.7 Å². The number of hydrogen-bond donors (Lipinski definition) is 0. The molecule has 2 heterocycles. The lowest BCUT2D eigenvalue weighted by Crippen LogP contribution is -2.37. The molecule has 1 saturated heterocycles. The third-order valence-electron chi connectivity index (χ3n) is 4.50. The van der Waals surface area contributed by atoms with Crippen molar-refractivity contribution in [2.45, 2.75) is 19.6 Å². The van der Waals surface area contributed by atoms with Gasteiger partial charge in [0.05, 0.1) is 19.3 Å². The molecule has 0 N–H and O–H groups in total. The topological polar surface area (TPSA) is 51.4 Å². The average Bonchev–Trinajstić information content (AvgIpc) is 3.11. The predicted octanol–water partition coefficient (Wildman–Crippen LogP) is 3.76. The van der Waals surface area contributed by atoms with E-state index in [-0.39, 0.29) is 11.9 Å². The van der Waals surface area contributed by atoms with E-state index in [0.717, 1.165) is 23.2 Å². The van der Waals surface area contributed by atoms with Gasteiger partial charge in [-0.25, -0.2) is 4.39 Å². The molecule has 0 amide bonds. The minimum absolute atomic E-state index is 0.0801. The van der Waals surface area contributed by atoms with Crippen LogP contribution in [-0.2, 0) is 11.3 Å². The first-order chi connectivity index (χ1) is 12.7. The van der Waals surface area contributed by atoms with Crippen LogP contribution in [0.4, 0.5) is 4.39 Å². The Labute approximate surface area is 151 Å². The molecule has 0 saturated carbocycles. The smallest absolute Gasteiger partial charge is 0.241 e. The first-order valence-electron chi connectivity index (χ1n) is 8.66. The summed E-state index contributed by atoms with van der Waals surface area (Å²) in [5.74, 6) is 0.948. The van der Waals surface area contributed by atoms with E-state index in [1.165, 1.54) is 12.1 Å². The van der Waals surface area contributed by atoms with E-state index in [0.29, 0.717) is 31.4 Å². The van der Waals surface area contributed by atoms with E-state index >= 15 is 0 Å². The van der Waals surface area contributed by atoms with Crippen molar-refractivity contribution in [1.29, 1.82) is 0 Å². The lowest BCUT2D eigenvalue weighted by Gasteiger charge is -2.32. The van der Waals surface area contributed by atoms with E-state index in [1.807, 2.05) is 31.2 Å². The summed E-state index contributed by atoms with van der Waals surface area (Å²) < 4.78 is 24.4. The molecule has 1 fully saturated rings. The summed E-state index contributed by atoms with van der Waals surface area (Å²) in [6, 6.07) is 14.5. The second-order valence-corrected chi connectivity index (χ2v) is 6.53. The quantitative estimate of drug-likeness (QED) is 0.715. The molecule has 6 heteroatoms. The molecular weight excluding hydrogens is 333 g/mol. The zero-order valence-corrected chi connectivity index (χ0v) is 14.6. The molecule has 0 radical (unpaired) electrons. The second kappa shape index (κ2) is 7.35. The van der Waals surface area contributed by atoms with Gasteiger partial charge >= 0.3 is 0 Å². The fourth-order valence-corrected chi connectivity index (χ4v) is 3.14. The van der Waals surface area contributed by atoms with Crippen molar-refractivity contribution >= 4 is 0 Å². The maximum absolute atomic E-state index is 13.1. The van der Waals surface area contributed by atoms with Crippen molar-refractivity contribution in [3.8, 4) is 11.4 Å². The zero-order valence-electron chi connectivity index (χ0n) is 14.6. The molecule has 134 valence electrons. The summed E-state index contributed by atoms with van der Waals surface area (Å²) in [6.45, 7) is 4.71. The minimum atomic E-state index is -0.240. The maximum atomic E-state index is 13.1. The van der Waals surface area contributed by atoms with E-state index in [4.69, 9.17) is 9.26 Å². The largest absolute Gasteiger partial charge is 0.371 e. The molecule has 2 aromatic carbocycles. The Morgan fingerprint density at radius 1 is 1.19 bits per heavy atom. The molecule has 1 unspecified atom stereocenters. The number of halogens is 1. The van der Waals surface area contributed by atoms with Crippen molar-refractivity contribution in [3.05, 3.63) is 71.4 Å². The van der Waals surface area contributed by atoms with Gasteiger partial charge in [-0.05, 0) is 30.7 Å². The molecule has 4 rings (SSSR count). The molecule has 0 bridgehead atoms. The summed E-state index contributed by atoms with van der Waals surface area (Å²) >= 11 is 0. The summed E-state index contributed by atoms with van der Waals surface area (Å²) in [5.41, 5.74) is 3.08. The highest BCUT2D eigenvalue weighted by Crippen LogP contribution is 2.24. The molecule has 1 atom stereocenters. The third-order valence-corrected chi connectivity index (χ3v) is 4.50. The molecule has 0 aliphatic carbocycles. The normalized spacial score (nSPS) is 18.2. The Kier molecular flexibility index (Phi) is 4.77. The van der Waals surface area contributed by atoms with Gasteiger partial charge in [0.2, 0.25) is 11.7 Å². The van der Waals surface area contributed by atoms with Crippen LogP contribution in [0.2, 0.25) is 0 Å². The van der Waals surface area contributed by atoms with Crippen LogP contribution in [0.5, 0.6) is 0 Å². The maximum Gasteiger partial charge on any atom is 0.241 e. The summed E-state index contributed by atoms with van der Waals surface area (Å²) in [4.78, 5) is 6.73. The lowest BCUT2D eigenvalue weighted by atomic mass is 10.1. The Morgan fingerprint density at radius 2 is 2.04 bits per heavy atom. The van der Waals surface area contributed by atoms with Gasteiger partial charge in [-0.2, -0.15) is 4.98 Å². The minimum Gasteiger partial charge on any atom is -0.371 e. The molecule has 3 aromatic rings. The summed E-state index contributed by atoms with van der Waals surface area (Å²) in [6.07, 6.45) is -0.0801. The Hall–Kier alpha value is -2.57. The van der Waals surface area contributed by atoms with Gasteiger partial charge in [-0.1, -0.05) is 41.1 Å². The van der Waals surface area contributed by atoms with Gasteiger partial charge in [0, 0.05) is 18.7 Å². The van der Waals surface area contributed by atoms with Gasteiger partial charge in [0.15, 0.2) is 0 Å². The Morgan fingerprint density at radius 3 is 2.85 bits per heavy atom. The molecule has 26 heavy (non-hydrogen) atoms. The van der Waals surface area contributed by atoms with Gasteiger partial charge in [0.25, 0.3) is 0 Å². The molecule has 1 aliphatic rings. The Bertz CT molecular complexity index is 879. The first kappa shape index (κ1) is 16.9. The number of hydrogen-bond acceptors (Lipinski definition) is 5. The average molecular weight is 353 g/mol. The van der Waals surface area contributed by atoms with Gasteiger partial charge in [-0.3, -0.25) is 4.90 Å². The van der Waals surface area contributed by atoms with Crippen LogP contribution in [0.15, 0.2) is 53.1 Å². The molecule has 5 nitrogen and oxygen atoms in total. The van der Waals surface area contributed by atoms with Crippen molar-refractivity contribution in [1.82, 2.24) is 15.0 Å².